The van der Waals surface area contributed by atoms with Crippen molar-refractivity contribution in [2.45, 2.75) is 5.75 Å². The number of rotatable bonds is 6. The fourth-order valence-electron chi connectivity index (χ4n) is 2.76. The number of benzene rings is 2. The molecule has 0 aliphatic rings. The van der Waals surface area contributed by atoms with E-state index in [1.54, 1.807) is 12.3 Å². The summed E-state index contributed by atoms with van der Waals surface area (Å²) in [6, 6.07) is 8.06. The third-order valence-corrected chi connectivity index (χ3v) is 5.42. The highest BCUT2D eigenvalue weighted by Gasteiger charge is 2.12. The van der Waals surface area contributed by atoms with Crippen molar-refractivity contribution in [2.24, 2.45) is 4.36 Å². The normalized spacial score (nSPS) is 11.5. The van der Waals surface area contributed by atoms with E-state index in [2.05, 4.69) is 24.6 Å². The van der Waals surface area contributed by atoms with Crippen LogP contribution in [-0.4, -0.2) is 32.9 Å². The fraction of sp³-hybridized carbons (Fsp3) is 0.158. The van der Waals surface area contributed by atoms with Gasteiger partial charge in [0.25, 0.3) is 0 Å². The molecular weight excluding hydrogens is 414 g/mol. The number of methoxy groups -OCH3 is 1. The lowest BCUT2D eigenvalue weighted by atomic mass is 10.2. The monoisotopic (exact) mass is 432 g/mol. The van der Waals surface area contributed by atoms with Crippen molar-refractivity contribution in [3.05, 3.63) is 59.9 Å². The Bertz CT molecular complexity index is 1180. The van der Waals surface area contributed by atoms with Gasteiger partial charge in [-0.2, -0.15) is 10.2 Å². The first kappa shape index (κ1) is 21.2. The zero-order valence-electron chi connectivity index (χ0n) is 16.0. The predicted molar refractivity (Wildman–Crippen MR) is 111 cm³/mol. The summed E-state index contributed by atoms with van der Waals surface area (Å²) in [7, 11) is -1.46. The maximum Gasteiger partial charge on any atom is 0.230 e. The largest absolute Gasteiger partial charge is 0.496 e. The number of anilines is 2. The maximum absolute atomic E-state index is 14.1. The summed E-state index contributed by atoms with van der Waals surface area (Å²) >= 11 is 0. The molecule has 0 radical (unpaired) electrons. The molecule has 0 atom stereocenters. The highest BCUT2D eigenvalue weighted by atomic mass is 32.3. The van der Waals surface area contributed by atoms with Crippen LogP contribution in [0, 0.1) is 23.1 Å². The molecule has 3 rings (SSSR count). The zero-order valence-corrected chi connectivity index (χ0v) is 16.9. The van der Waals surface area contributed by atoms with Gasteiger partial charge in [0, 0.05) is 17.5 Å². The highest BCUT2D eigenvalue weighted by molar-refractivity contribution is 7.98. The van der Waals surface area contributed by atoms with Crippen LogP contribution in [0.15, 0.2) is 47.1 Å². The molecule has 156 valence electrons. The van der Waals surface area contributed by atoms with E-state index in [0.717, 1.165) is 0 Å². The number of nitrogens with zero attached hydrogens (tertiary/aromatic N) is 5. The van der Waals surface area contributed by atoms with E-state index in [1.165, 1.54) is 50.0 Å². The van der Waals surface area contributed by atoms with E-state index in [-0.39, 0.29) is 23.3 Å². The van der Waals surface area contributed by atoms with Gasteiger partial charge in [0.05, 0.1) is 12.7 Å². The minimum absolute atomic E-state index is 0.0439. The predicted octanol–water partition coefficient (Wildman–Crippen LogP) is 3.72. The molecule has 0 unspecified atom stereocenters. The topological polar surface area (TPSA) is 116 Å². The summed E-state index contributed by atoms with van der Waals surface area (Å²) in [5, 5.41) is 11.5. The van der Waals surface area contributed by atoms with Crippen LogP contribution in [0.25, 0.3) is 11.4 Å². The standard InChI is InChI=1S/C19H18F2N6O2S/c1-29-17-8-13(20)3-4-16(17)18-23-11-24-19(27-18)26-15-6-12(5-14(21)7-15)9-30(2,28)25-10-22/h3-8,11,30H,9H2,1-2H3,(H,25,28)(H,23,24,26,27). The first-order chi connectivity index (χ1) is 14.3. The summed E-state index contributed by atoms with van der Waals surface area (Å²) in [6.45, 7) is 0. The Hall–Kier alpha value is -3.49. The third kappa shape index (κ3) is 5.31. The second kappa shape index (κ2) is 8.89. The summed E-state index contributed by atoms with van der Waals surface area (Å²) in [5.74, 6) is -0.331. The molecule has 0 saturated carbocycles. The molecule has 0 bridgehead atoms. The second-order valence-electron chi connectivity index (χ2n) is 6.40. The molecule has 0 spiro atoms. The number of nitrogens with one attached hydrogen (secondary N) is 1. The average Bonchev–Trinajstić information content (AvgIpc) is 2.67. The van der Waals surface area contributed by atoms with Gasteiger partial charge in [-0.1, -0.05) is 10.1 Å². The Balaban J connectivity index is 1.90. The number of halogens is 2. The first-order valence-electron chi connectivity index (χ1n) is 8.59. The molecule has 2 N–H and O–H groups in total. The summed E-state index contributed by atoms with van der Waals surface area (Å²) in [5.41, 5.74) is 1.26. The number of hydrogen-bond acceptors (Lipinski definition) is 7. The van der Waals surface area contributed by atoms with Crippen LogP contribution >= 0.6 is 0 Å². The van der Waals surface area contributed by atoms with E-state index in [1.807, 2.05) is 0 Å². The van der Waals surface area contributed by atoms with E-state index in [9.17, 15) is 13.3 Å². The quantitative estimate of drug-likeness (QED) is 0.401. The zero-order chi connectivity index (χ0) is 21.7. The lowest BCUT2D eigenvalue weighted by Gasteiger charge is -2.16. The van der Waals surface area contributed by atoms with Crippen molar-refractivity contribution >= 4 is 21.7 Å². The van der Waals surface area contributed by atoms with Crippen LogP contribution in [0.4, 0.5) is 20.4 Å². The van der Waals surface area contributed by atoms with Crippen molar-refractivity contribution in [1.29, 1.82) is 5.26 Å². The van der Waals surface area contributed by atoms with Crippen molar-refractivity contribution in [1.82, 2.24) is 15.0 Å². The number of hydrogen-bond donors (Lipinski definition) is 3. The molecule has 0 aliphatic carbocycles. The van der Waals surface area contributed by atoms with Gasteiger partial charge in [0.15, 0.2) is 5.82 Å². The lowest BCUT2D eigenvalue weighted by Crippen LogP contribution is -2.10. The molecule has 0 amide bonds. The number of ether oxygens (including phenoxy) is 1. The van der Waals surface area contributed by atoms with Gasteiger partial charge in [-0.25, -0.2) is 18.7 Å². The maximum atomic E-state index is 14.1. The average molecular weight is 432 g/mol. The van der Waals surface area contributed by atoms with Gasteiger partial charge in [-0.15, -0.1) is 4.36 Å². The summed E-state index contributed by atoms with van der Waals surface area (Å²) in [4.78, 5) is 12.4. The lowest BCUT2D eigenvalue weighted by molar-refractivity contribution is 0.412. The van der Waals surface area contributed by atoms with E-state index in [0.29, 0.717) is 16.8 Å². The minimum Gasteiger partial charge on any atom is -0.496 e. The Morgan fingerprint density at radius 2 is 2.00 bits per heavy atom. The number of aromatic nitrogens is 3. The SMILES string of the molecule is COc1cc(F)ccc1-c1ncnc(Nc2cc(F)cc(C[SH](C)(O)=NC#N)c2)n1. The molecule has 1 aromatic heterocycles. The smallest absolute Gasteiger partial charge is 0.230 e. The van der Waals surface area contributed by atoms with Gasteiger partial charge >= 0.3 is 0 Å². The second-order valence-corrected chi connectivity index (χ2v) is 9.09. The molecule has 11 heteroatoms. The summed E-state index contributed by atoms with van der Waals surface area (Å²) < 4.78 is 46.4. The van der Waals surface area contributed by atoms with Crippen molar-refractivity contribution < 1.29 is 18.1 Å². The van der Waals surface area contributed by atoms with Gasteiger partial charge in [0.1, 0.15) is 23.7 Å². The van der Waals surface area contributed by atoms with Crippen LogP contribution in [-0.2, 0) is 15.9 Å². The highest BCUT2D eigenvalue weighted by Crippen LogP contribution is 2.28. The number of thiol groups is 1. The van der Waals surface area contributed by atoms with E-state index >= 15 is 0 Å². The van der Waals surface area contributed by atoms with Crippen molar-refractivity contribution in [3.63, 3.8) is 0 Å². The molecule has 8 nitrogen and oxygen atoms in total. The third-order valence-electron chi connectivity index (χ3n) is 3.93. The van der Waals surface area contributed by atoms with Crippen LogP contribution in [0.1, 0.15) is 5.56 Å². The van der Waals surface area contributed by atoms with Crippen LogP contribution in [0.2, 0.25) is 0 Å². The van der Waals surface area contributed by atoms with Crippen molar-refractivity contribution in [2.75, 3.05) is 18.7 Å². The molecule has 2 aromatic carbocycles. The van der Waals surface area contributed by atoms with Gasteiger partial charge in [0.2, 0.25) is 12.1 Å². The molecule has 30 heavy (non-hydrogen) atoms. The summed E-state index contributed by atoms with van der Waals surface area (Å²) in [6.07, 6.45) is 4.31. The van der Waals surface area contributed by atoms with Crippen molar-refractivity contribution in [3.8, 4) is 23.3 Å². The molecule has 0 fully saturated rings. The Morgan fingerprint density at radius 3 is 2.73 bits per heavy atom. The Labute approximate surface area is 172 Å². The molecule has 1 heterocycles. The van der Waals surface area contributed by atoms with Crippen LogP contribution < -0.4 is 10.1 Å². The van der Waals surface area contributed by atoms with Gasteiger partial charge in [-0.3, -0.25) is 0 Å². The van der Waals surface area contributed by atoms with Gasteiger partial charge < -0.3 is 14.6 Å². The molecule has 0 saturated heterocycles. The first-order valence-corrected chi connectivity index (χ1v) is 10.9. The van der Waals surface area contributed by atoms with E-state index in [4.69, 9.17) is 10.00 Å². The van der Waals surface area contributed by atoms with Gasteiger partial charge in [-0.05, 0) is 42.2 Å². The Kier molecular flexibility index (Phi) is 6.29. The van der Waals surface area contributed by atoms with E-state index < -0.39 is 21.7 Å². The van der Waals surface area contributed by atoms with Crippen LogP contribution in [0.3, 0.4) is 0 Å². The van der Waals surface area contributed by atoms with Crippen LogP contribution in [0.5, 0.6) is 5.75 Å². The molecule has 3 aromatic rings. The molecule has 0 aliphatic heterocycles. The number of nitriles is 1. The molecular formula is C19H18F2N6O2S. The fourth-order valence-corrected chi connectivity index (χ4v) is 3.89. The Morgan fingerprint density at radius 1 is 1.20 bits per heavy atom. The minimum atomic E-state index is -2.86.